The summed E-state index contributed by atoms with van der Waals surface area (Å²) in [7, 11) is 1.65. The number of hydrogen-bond acceptors (Lipinski definition) is 5. The van der Waals surface area contributed by atoms with E-state index in [1.54, 1.807) is 19.5 Å². The summed E-state index contributed by atoms with van der Waals surface area (Å²) in [6, 6.07) is 1.89. The molecule has 1 aromatic heterocycles. The van der Waals surface area contributed by atoms with Gasteiger partial charge in [0.1, 0.15) is 11.5 Å². The third-order valence-corrected chi connectivity index (χ3v) is 8.58. The van der Waals surface area contributed by atoms with Crippen LogP contribution in [-0.2, 0) is 9.47 Å². The molecule has 3 aliphatic carbocycles. The SMILES string of the molecule is C=C1CCC2C3=CO[C@@H](C4CCCC4)O[C@@H]3CC[C@@]2(C)[C@@H]1CCOc1cncc(OC)c1. The maximum Gasteiger partial charge on any atom is 0.202 e. The highest BCUT2D eigenvalue weighted by molar-refractivity contribution is 5.29. The topological polar surface area (TPSA) is 49.8 Å². The third kappa shape index (κ3) is 4.05. The fraction of sp³-hybridized carbons (Fsp3) is 0.667. The van der Waals surface area contributed by atoms with E-state index in [1.807, 2.05) is 6.07 Å². The summed E-state index contributed by atoms with van der Waals surface area (Å²) in [4.78, 5) is 4.19. The van der Waals surface area contributed by atoms with E-state index >= 15 is 0 Å². The van der Waals surface area contributed by atoms with Crippen LogP contribution in [0.3, 0.4) is 0 Å². The molecule has 0 amide bonds. The average Bonchev–Trinajstić information content (AvgIpc) is 3.35. The molecule has 0 spiro atoms. The number of pyridine rings is 1. The van der Waals surface area contributed by atoms with Gasteiger partial charge >= 0.3 is 0 Å². The number of nitrogens with zero attached hydrogens (tertiary/aromatic N) is 1. The Hall–Kier alpha value is -2.01. The van der Waals surface area contributed by atoms with E-state index in [9.17, 15) is 0 Å². The first kappa shape index (κ1) is 21.8. The second-order valence-corrected chi connectivity index (χ2v) is 10.3. The van der Waals surface area contributed by atoms with E-state index in [2.05, 4.69) is 24.7 Å². The number of methoxy groups -OCH3 is 1. The summed E-state index contributed by atoms with van der Waals surface area (Å²) in [5, 5.41) is 0. The van der Waals surface area contributed by atoms with Gasteiger partial charge in [0, 0.05) is 12.0 Å². The van der Waals surface area contributed by atoms with Gasteiger partial charge in [0.15, 0.2) is 0 Å². The fourth-order valence-electron chi connectivity index (χ4n) is 6.79. The molecule has 1 aliphatic heterocycles. The van der Waals surface area contributed by atoms with Crippen LogP contribution in [0.5, 0.6) is 11.5 Å². The zero-order valence-electron chi connectivity index (χ0n) is 19.6. The second-order valence-electron chi connectivity index (χ2n) is 10.3. The summed E-state index contributed by atoms with van der Waals surface area (Å²) in [6.45, 7) is 7.59. The standard InChI is InChI=1S/C27H37NO4/c1-18-8-9-24-22-17-31-26(19-6-4-5-7-19)32-25(22)10-12-27(24,2)23(18)11-13-30-21-14-20(29-3)15-28-16-21/h14-17,19,23-26H,1,4-13H2,2-3H3/t23-,24?,25-,26-,27+/m1/s1. The van der Waals surface area contributed by atoms with Gasteiger partial charge in [-0.3, -0.25) is 4.98 Å². The minimum atomic E-state index is -0.0326. The summed E-state index contributed by atoms with van der Waals surface area (Å²) in [6.07, 6.45) is 16.3. The van der Waals surface area contributed by atoms with Gasteiger partial charge in [-0.1, -0.05) is 31.9 Å². The zero-order chi connectivity index (χ0) is 22.1. The Morgan fingerprint density at radius 3 is 2.78 bits per heavy atom. The third-order valence-electron chi connectivity index (χ3n) is 8.58. The Bertz CT molecular complexity index is 861. The molecule has 0 bridgehead atoms. The molecular weight excluding hydrogens is 402 g/mol. The van der Waals surface area contributed by atoms with Gasteiger partial charge in [0.25, 0.3) is 0 Å². The molecule has 1 unspecified atom stereocenters. The van der Waals surface area contributed by atoms with Crippen LogP contribution in [0.4, 0.5) is 0 Å². The van der Waals surface area contributed by atoms with Crippen molar-refractivity contribution in [3.8, 4) is 11.5 Å². The van der Waals surface area contributed by atoms with Gasteiger partial charge in [0.2, 0.25) is 6.29 Å². The molecule has 3 fully saturated rings. The Morgan fingerprint density at radius 2 is 1.97 bits per heavy atom. The Labute approximate surface area is 192 Å². The van der Waals surface area contributed by atoms with E-state index in [0.717, 1.165) is 37.2 Å². The van der Waals surface area contributed by atoms with Gasteiger partial charge in [-0.25, -0.2) is 0 Å². The van der Waals surface area contributed by atoms with E-state index in [-0.39, 0.29) is 17.8 Å². The van der Waals surface area contributed by atoms with E-state index in [0.29, 0.717) is 24.4 Å². The van der Waals surface area contributed by atoms with Crippen LogP contribution < -0.4 is 9.47 Å². The van der Waals surface area contributed by atoms with E-state index < -0.39 is 0 Å². The molecule has 3 saturated carbocycles. The van der Waals surface area contributed by atoms with Gasteiger partial charge in [0.05, 0.1) is 38.5 Å². The van der Waals surface area contributed by atoms with Gasteiger partial charge in [-0.05, 0) is 67.8 Å². The van der Waals surface area contributed by atoms with E-state index in [1.165, 1.54) is 43.3 Å². The lowest BCUT2D eigenvalue weighted by atomic mass is 9.52. The molecule has 4 aliphatic rings. The van der Waals surface area contributed by atoms with Crippen LogP contribution in [0.1, 0.15) is 64.7 Å². The molecule has 5 heteroatoms. The zero-order valence-corrected chi connectivity index (χ0v) is 19.6. The summed E-state index contributed by atoms with van der Waals surface area (Å²) >= 11 is 0. The van der Waals surface area contributed by atoms with Crippen LogP contribution in [0, 0.1) is 23.2 Å². The first-order valence-electron chi connectivity index (χ1n) is 12.4. The van der Waals surface area contributed by atoms with Crippen molar-refractivity contribution in [1.82, 2.24) is 4.98 Å². The molecule has 0 N–H and O–H groups in total. The highest BCUT2D eigenvalue weighted by Gasteiger charge is 2.52. The van der Waals surface area contributed by atoms with Crippen molar-refractivity contribution in [2.75, 3.05) is 13.7 Å². The lowest BCUT2D eigenvalue weighted by Gasteiger charge is -2.55. The quantitative estimate of drug-likeness (QED) is 0.505. The minimum absolute atomic E-state index is 0.0326. The van der Waals surface area contributed by atoms with Crippen LogP contribution >= 0.6 is 0 Å². The van der Waals surface area contributed by atoms with Crippen molar-refractivity contribution in [2.24, 2.45) is 23.2 Å². The molecule has 0 aromatic carbocycles. The number of ether oxygens (including phenoxy) is 4. The molecule has 32 heavy (non-hydrogen) atoms. The maximum absolute atomic E-state index is 6.53. The molecule has 174 valence electrons. The molecule has 1 aromatic rings. The number of hydrogen-bond donors (Lipinski definition) is 0. The summed E-state index contributed by atoms with van der Waals surface area (Å²) < 4.78 is 24.0. The van der Waals surface area contributed by atoms with Crippen LogP contribution in [0.25, 0.3) is 0 Å². The Kier molecular flexibility index (Phi) is 6.20. The molecule has 0 radical (unpaired) electrons. The number of rotatable bonds is 6. The van der Waals surface area contributed by atoms with Gasteiger partial charge < -0.3 is 18.9 Å². The van der Waals surface area contributed by atoms with Crippen molar-refractivity contribution in [3.63, 3.8) is 0 Å². The van der Waals surface area contributed by atoms with Crippen molar-refractivity contribution in [3.05, 3.63) is 42.4 Å². The number of aromatic nitrogens is 1. The molecule has 5 rings (SSSR count). The smallest absolute Gasteiger partial charge is 0.202 e. The highest BCUT2D eigenvalue weighted by atomic mass is 16.7. The number of allylic oxidation sites excluding steroid dienone is 1. The van der Waals surface area contributed by atoms with Crippen molar-refractivity contribution in [2.45, 2.75) is 77.1 Å². The van der Waals surface area contributed by atoms with Gasteiger partial charge in [-0.15, -0.1) is 0 Å². The lowest BCUT2D eigenvalue weighted by Crippen LogP contribution is -2.50. The monoisotopic (exact) mass is 439 g/mol. The predicted molar refractivity (Wildman–Crippen MR) is 123 cm³/mol. The minimum Gasteiger partial charge on any atom is -0.495 e. The normalized spacial score (nSPS) is 34.8. The first-order valence-corrected chi connectivity index (χ1v) is 12.4. The molecule has 5 nitrogen and oxygen atoms in total. The lowest BCUT2D eigenvalue weighted by molar-refractivity contribution is -0.192. The van der Waals surface area contributed by atoms with Crippen LogP contribution in [0.2, 0.25) is 0 Å². The largest absolute Gasteiger partial charge is 0.495 e. The van der Waals surface area contributed by atoms with Crippen LogP contribution in [0.15, 0.2) is 42.4 Å². The van der Waals surface area contributed by atoms with Crippen LogP contribution in [-0.4, -0.2) is 31.1 Å². The average molecular weight is 440 g/mol. The van der Waals surface area contributed by atoms with Crippen molar-refractivity contribution < 1.29 is 18.9 Å². The summed E-state index contributed by atoms with van der Waals surface area (Å²) in [5.74, 6) is 2.98. The highest BCUT2D eigenvalue weighted by Crippen LogP contribution is 2.58. The molecule has 0 saturated heterocycles. The Morgan fingerprint density at radius 1 is 1.16 bits per heavy atom. The fourth-order valence-corrected chi connectivity index (χ4v) is 6.79. The van der Waals surface area contributed by atoms with Crippen molar-refractivity contribution >= 4 is 0 Å². The first-order chi connectivity index (χ1) is 15.6. The van der Waals surface area contributed by atoms with Gasteiger partial charge in [-0.2, -0.15) is 0 Å². The van der Waals surface area contributed by atoms with Crippen molar-refractivity contribution in [1.29, 1.82) is 0 Å². The second kappa shape index (κ2) is 9.09. The van der Waals surface area contributed by atoms with E-state index in [4.69, 9.17) is 18.9 Å². The molecule has 2 heterocycles. The number of fused-ring (bicyclic) bond motifs is 3. The Balaban J connectivity index is 1.27. The summed E-state index contributed by atoms with van der Waals surface area (Å²) in [5.41, 5.74) is 2.95. The molecule has 5 atom stereocenters. The maximum atomic E-state index is 6.53. The predicted octanol–water partition coefficient (Wildman–Crippen LogP) is 6.06. The molecular formula is C27H37NO4.